The normalized spacial score (nSPS) is 10.2. The Kier molecular flexibility index (Phi) is 3.15. The fourth-order valence-corrected chi connectivity index (χ4v) is 1.55. The fourth-order valence-electron chi connectivity index (χ4n) is 1.55. The summed E-state index contributed by atoms with van der Waals surface area (Å²) in [4.78, 5) is 22.2. The molecule has 1 aromatic carbocycles. The number of para-hydroxylation sites is 1. The smallest absolute Gasteiger partial charge is 0.304 e. The lowest BCUT2D eigenvalue weighted by atomic mass is 10.1. The van der Waals surface area contributed by atoms with E-state index in [1.807, 2.05) is 0 Å². The second-order valence-electron chi connectivity index (χ2n) is 3.79. The molecule has 0 aliphatic heterocycles. The number of benzene rings is 1. The third kappa shape index (κ3) is 2.51. The number of nitro groups is 1. The molecule has 0 aliphatic carbocycles. The molecular weight excluding hydrogens is 252 g/mol. The topological polar surface area (TPSA) is 124 Å². The van der Waals surface area contributed by atoms with E-state index in [9.17, 15) is 14.9 Å². The Hall–Kier alpha value is -2.90. The van der Waals surface area contributed by atoms with E-state index in [-0.39, 0.29) is 17.1 Å². The van der Waals surface area contributed by atoms with E-state index in [1.165, 1.54) is 24.3 Å². The fraction of sp³-hybridized carbons (Fsp3) is 0.0909. The second-order valence-corrected chi connectivity index (χ2v) is 3.79. The maximum atomic E-state index is 11.9. The Morgan fingerprint density at radius 1 is 1.53 bits per heavy atom. The number of anilines is 2. The highest BCUT2D eigenvalue weighted by molar-refractivity contribution is 6.07. The molecule has 2 aromatic rings. The Morgan fingerprint density at radius 2 is 2.26 bits per heavy atom. The molecule has 0 spiro atoms. The zero-order valence-electron chi connectivity index (χ0n) is 9.91. The predicted octanol–water partition coefficient (Wildman–Crippen LogP) is 1.73. The summed E-state index contributed by atoms with van der Waals surface area (Å²) >= 11 is 0. The van der Waals surface area contributed by atoms with Crippen LogP contribution in [0.1, 0.15) is 16.1 Å². The minimum atomic E-state index is -0.699. The van der Waals surface area contributed by atoms with Gasteiger partial charge in [-0.05, 0) is 19.1 Å². The minimum Gasteiger partial charge on any atom is -0.393 e. The van der Waals surface area contributed by atoms with E-state index in [0.29, 0.717) is 5.69 Å². The molecule has 0 radical (unpaired) electrons. The first-order valence-electron chi connectivity index (χ1n) is 5.26. The summed E-state index contributed by atoms with van der Waals surface area (Å²) in [6, 6.07) is 5.62. The van der Waals surface area contributed by atoms with Crippen molar-refractivity contribution in [2.24, 2.45) is 0 Å². The number of amides is 1. The number of nitro benzene ring substituents is 1. The van der Waals surface area contributed by atoms with Gasteiger partial charge in [-0.1, -0.05) is 11.2 Å². The lowest BCUT2D eigenvalue weighted by Crippen LogP contribution is -2.14. The van der Waals surface area contributed by atoms with Gasteiger partial charge in [0.2, 0.25) is 5.88 Å². The molecule has 0 bridgehead atoms. The maximum absolute atomic E-state index is 11.9. The molecule has 1 aromatic heterocycles. The number of nitrogens with zero attached hydrogens (tertiary/aromatic N) is 2. The molecule has 0 unspecified atom stereocenters. The monoisotopic (exact) mass is 262 g/mol. The number of hydrogen-bond acceptors (Lipinski definition) is 6. The van der Waals surface area contributed by atoms with Crippen LogP contribution >= 0.6 is 0 Å². The summed E-state index contributed by atoms with van der Waals surface area (Å²) in [6.45, 7) is 1.68. The van der Waals surface area contributed by atoms with Gasteiger partial charge in [-0.15, -0.1) is 0 Å². The molecule has 0 aliphatic rings. The SMILES string of the molecule is Cc1cc(NC(=O)c2cccc(N)c2[N+](=O)[O-])on1. The van der Waals surface area contributed by atoms with Crippen LogP contribution in [0, 0.1) is 17.0 Å². The third-order valence-electron chi connectivity index (χ3n) is 2.36. The van der Waals surface area contributed by atoms with Crippen molar-refractivity contribution in [3.63, 3.8) is 0 Å². The van der Waals surface area contributed by atoms with Crippen molar-refractivity contribution < 1.29 is 14.2 Å². The predicted molar refractivity (Wildman–Crippen MR) is 66.7 cm³/mol. The summed E-state index contributed by atoms with van der Waals surface area (Å²) < 4.78 is 4.80. The van der Waals surface area contributed by atoms with Crippen molar-refractivity contribution in [3.8, 4) is 0 Å². The molecule has 3 N–H and O–H groups in total. The van der Waals surface area contributed by atoms with Crippen LogP contribution in [-0.2, 0) is 0 Å². The number of rotatable bonds is 3. The van der Waals surface area contributed by atoms with E-state index in [0.717, 1.165) is 0 Å². The molecule has 0 fully saturated rings. The van der Waals surface area contributed by atoms with Crippen molar-refractivity contribution >= 4 is 23.2 Å². The van der Waals surface area contributed by atoms with E-state index in [2.05, 4.69) is 10.5 Å². The van der Waals surface area contributed by atoms with Crippen LogP contribution in [0.2, 0.25) is 0 Å². The Bertz CT molecular complexity index is 650. The first-order valence-corrected chi connectivity index (χ1v) is 5.26. The lowest BCUT2D eigenvalue weighted by molar-refractivity contribution is -0.384. The van der Waals surface area contributed by atoms with E-state index in [4.69, 9.17) is 10.3 Å². The van der Waals surface area contributed by atoms with Gasteiger partial charge in [-0.2, -0.15) is 0 Å². The number of nitrogens with two attached hydrogens (primary N) is 1. The van der Waals surface area contributed by atoms with E-state index >= 15 is 0 Å². The second kappa shape index (κ2) is 4.77. The molecule has 0 saturated heterocycles. The molecule has 19 heavy (non-hydrogen) atoms. The van der Waals surface area contributed by atoms with Gasteiger partial charge in [0, 0.05) is 6.07 Å². The average Bonchev–Trinajstić information content (AvgIpc) is 2.73. The van der Waals surface area contributed by atoms with Gasteiger partial charge >= 0.3 is 5.69 Å². The van der Waals surface area contributed by atoms with E-state index in [1.54, 1.807) is 6.92 Å². The quantitative estimate of drug-likeness (QED) is 0.493. The number of aromatic nitrogens is 1. The van der Waals surface area contributed by atoms with Crippen molar-refractivity contribution in [3.05, 3.63) is 45.6 Å². The van der Waals surface area contributed by atoms with Crippen LogP contribution in [-0.4, -0.2) is 16.0 Å². The Morgan fingerprint density at radius 3 is 2.84 bits per heavy atom. The molecule has 1 heterocycles. The van der Waals surface area contributed by atoms with Gasteiger partial charge in [-0.25, -0.2) is 0 Å². The van der Waals surface area contributed by atoms with Gasteiger partial charge in [0.05, 0.1) is 10.6 Å². The molecule has 98 valence electrons. The number of carbonyl (C=O) groups excluding carboxylic acids is 1. The van der Waals surface area contributed by atoms with Gasteiger partial charge in [0.15, 0.2) is 0 Å². The highest BCUT2D eigenvalue weighted by atomic mass is 16.6. The minimum absolute atomic E-state index is 0.0774. The van der Waals surface area contributed by atoms with Crippen molar-refractivity contribution in [1.82, 2.24) is 5.16 Å². The van der Waals surface area contributed by atoms with E-state index < -0.39 is 16.5 Å². The first kappa shape index (κ1) is 12.6. The molecule has 0 atom stereocenters. The highest BCUT2D eigenvalue weighted by Crippen LogP contribution is 2.26. The summed E-state index contributed by atoms with van der Waals surface area (Å²) in [5.74, 6) is -0.575. The Labute approximate surface area is 107 Å². The highest BCUT2D eigenvalue weighted by Gasteiger charge is 2.23. The third-order valence-corrected chi connectivity index (χ3v) is 2.36. The molecule has 8 heteroatoms. The number of nitrogens with one attached hydrogen (secondary N) is 1. The first-order chi connectivity index (χ1) is 8.99. The van der Waals surface area contributed by atoms with Crippen LogP contribution in [0.5, 0.6) is 0 Å². The van der Waals surface area contributed by atoms with Crippen molar-refractivity contribution in [1.29, 1.82) is 0 Å². The van der Waals surface area contributed by atoms with Crippen LogP contribution in [0.15, 0.2) is 28.8 Å². The van der Waals surface area contributed by atoms with Gasteiger partial charge < -0.3 is 10.3 Å². The average molecular weight is 262 g/mol. The van der Waals surface area contributed by atoms with Crippen LogP contribution in [0.25, 0.3) is 0 Å². The van der Waals surface area contributed by atoms with Crippen molar-refractivity contribution in [2.75, 3.05) is 11.1 Å². The molecule has 1 amide bonds. The van der Waals surface area contributed by atoms with Crippen LogP contribution < -0.4 is 11.1 Å². The maximum Gasteiger partial charge on any atom is 0.304 e. The van der Waals surface area contributed by atoms with Crippen molar-refractivity contribution in [2.45, 2.75) is 6.92 Å². The lowest BCUT2D eigenvalue weighted by Gasteiger charge is -2.04. The number of nitrogen functional groups attached to an aromatic ring is 1. The van der Waals surface area contributed by atoms with Gasteiger partial charge in [0.25, 0.3) is 5.91 Å². The van der Waals surface area contributed by atoms with Gasteiger partial charge in [-0.3, -0.25) is 20.2 Å². The summed E-state index contributed by atoms with van der Waals surface area (Å²) in [7, 11) is 0. The number of carbonyl (C=O) groups is 1. The summed E-state index contributed by atoms with van der Waals surface area (Å²) in [5, 5.41) is 16.9. The molecule has 2 rings (SSSR count). The standard InChI is InChI=1S/C11H10N4O4/c1-6-5-9(19-14-6)13-11(16)7-3-2-4-8(12)10(7)15(17)18/h2-5H,12H2,1H3,(H,13,16). The summed E-state index contributed by atoms with van der Waals surface area (Å²) in [6.07, 6.45) is 0. The van der Waals surface area contributed by atoms with Crippen LogP contribution in [0.3, 0.4) is 0 Å². The van der Waals surface area contributed by atoms with Gasteiger partial charge in [0.1, 0.15) is 11.3 Å². The number of aryl methyl sites for hydroxylation is 1. The Balaban J connectivity index is 2.34. The largest absolute Gasteiger partial charge is 0.393 e. The zero-order chi connectivity index (χ0) is 14.0. The van der Waals surface area contributed by atoms with Crippen LogP contribution in [0.4, 0.5) is 17.3 Å². The molecule has 0 saturated carbocycles. The molecular formula is C11H10N4O4. The molecule has 8 nitrogen and oxygen atoms in total. The zero-order valence-corrected chi connectivity index (χ0v) is 9.91. The number of hydrogen-bond donors (Lipinski definition) is 2. The summed E-state index contributed by atoms with van der Waals surface area (Å²) in [5.41, 5.74) is 5.43.